The van der Waals surface area contributed by atoms with Gasteiger partial charge >= 0.3 is 0 Å². The SMILES string of the molecule is Cc1ccc(NC(=O)CCCC(=O)Nc2ccc(C)c(NC(=O)C3CC3)c2)cc1NC(=O)C1CC1. The molecule has 0 radical (unpaired) electrons. The Hall–Kier alpha value is -3.68. The van der Waals surface area contributed by atoms with Gasteiger partial charge in [0.05, 0.1) is 0 Å². The number of benzene rings is 2. The van der Waals surface area contributed by atoms with E-state index in [0.717, 1.165) is 36.8 Å². The van der Waals surface area contributed by atoms with Gasteiger partial charge in [0.25, 0.3) is 0 Å². The van der Waals surface area contributed by atoms with Gasteiger partial charge in [-0.15, -0.1) is 0 Å². The van der Waals surface area contributed by atoms with E-state index in [9.17, 15) is 19.2 Å². The van der Waals surface area contributed by atoms with Gasteiger partial charge in [0, 0.05) is 47.4 Å². The molecule has 2 saturated carbocycles. The number of rotatable bonds is 10. The van der Waals surface area contributed by atoms with Crippen LogP contribution in [0.3, 0.4) is 0 Å². The molecule has 0 unspecified atom stereocenters. The topological polar surface area (TPSA) is 116 Å². The number of hydrogen-bond donors (Lipinski definition) is 4. The van der Waals surface area contributed by atoms with Crippen LogP contribution in [0, 0.1) is 25.7 Å². The summed E-state index contributed by atoms with van der Waals surface area (Å²) in [6.07, 6.45) is 4.50. The predicted molar refractivity (Wildman–Crippen MR) is 136 cm³/mol. The second-order valence-corrected chi connectivity index (χ2v) is 9.54. The Morgan fingerprint density at radius 1 is 0.657 bits per heavy atom. The zero-order valence-electron chi connectivity index (χ0n) is 20.2. The van der Waals surface area contributed by atoms with Crippen LogP contribution in [0.25, 0.3) is 0 Å². The van der Waals surface area contributed by atoms with Gasteiger partial charge in [-0.25, -0.2) is 0 Å². The lowest BCUT2D eigenvalue weighted by molar-refractivity contribution is -0.118. The molecule has 0 atom stereocenters. The lowest BCUT2D eigenvalue weighted by atomic mass is 10.1. The Morgan fingerprint density at radius 2 is 1.06 bits per heavy atom. The Balaban J connectivity index is 1.22. The minimum atomic E-state index is -0.193. The monoisotopic (exact) mass is 476 g/mol. The van der Waals surface area contributed by atoms with Gasteiger partial charge in [0.2, 0.25) is 23.6 Å². The van der Waals surface area contributed by atoms with Crippen molar-refractivity contribution in [3.8, 4) is 0 Å². The largest absolute Gasteiger partial charge is 0.326 e. The molecule has 0 aromatic heterocycles. The number of carbonyl (C=O) groups is 4. The van der Waals surface area contributed by atoms with E-state index < -0.39 is 0 Å². The number of anilines is 4. The maximum atomic E-state index is 12.4. The van der Waals surface area contributed by atoms with Crippen LogP contribution in [0.2, 0.25) is 0 Å². The Bertz CT molecular complexity index is 1060. The van der Waals surface area contributed by atoms with Gasteiger partial charge < -0.3 is 21.3 Å². The van der Waals surface area contributed by atoms with E-state index in [-0.39, 0.29) is 48.3 Å². The van der Waals surface area contributed by atoms with E-state index >= 15 is 0 Å². The second kappa shape index (κ2) is 10.7. The van der Waals surface area contributed by atoms with Crippen molar-refractivity contribution in [3.05, 3.63) is 47.5 Å². The first-order chi connectivity index (χ1) is 16.8. The maximum Gasteiger partial charge on any atom is 0.227 e. The lowest BCUT2D eigenvalue weighted by Gasteiger charge is -2.12. The molecule has 2 aliphatic rings. The van der Waals surface area contributed by atoms with Crippen molar-refractivity contribution < 1.29 is 19.2 Å². The molecule has 0 heterocycles. The zero-order valence-corrected chi connectivity index (χ0v) is 20.2. The number of carbonyl (C=O) groups excluding carboxylic acids is 4. The molecule has 2 aliphatic carbocycles. The summed E-state index contributed by atoms with van der Waals surface area (Å²) in [6, 6.07) is 10.8. The van der Waals surface area contributed by atoms with Gasteiger partial charge in [0.1, 0.15) is 0 Å². The van der Waals surface area contributed by atoms with E-state index in [1.54, 1.807) is 24.3 Å². The third-order valence-electron chi connectivity index (χ3n) is 6.26. The minimum Gasteiger partial charge on any atom is -0.326 e. The van der Waals surface area contributed by atoms with E-state index in [4.69, 9.17) is 0 Å². The van der Waals surface area contributed by atoms with Crippen LogP contribution in [0.15, 0.2) is 36.4 Å². The van der Waals surface area contributed by atoms with Crippen LogP contribution in [-0.4, -0.2) is 23.6 Å². The minimum absolute atomic E-state index is 0.0218. The quantitative estimate of drug-likeness (QED) is 0.396. The predicted octanol–water partition coefficient (Wildman–Crippen LogP) is 4.75. The van der Waals surface area contributed by atoms with Crippen LogP contribution < -0.4 is 21.3 Å². The van der Waals surface area contributed by atoms with Crippen LogP contribution in [-0.2, 0) is 19.2 Å². The summed E-state index contributed by atoms with van der Waals surface area (Å²) in [6.45, 7) is 3.82. The number of aryl methyl sites for hydroxylation is 2. The molecule has 2 aromatic rings. The van der Waals surface area contributed by atoms with Gasteiger partial charge in [-0.3, -0.25) is 19.2 Å². The fourth-order valence-electron chi connectivity index (χ4n) is 3.69. The summed E-state index contributed by atoms with van der Waals surface area (Å²) < 4.78 is 0. The second-order valence-electron chi connectivity index (χ2n) is 9.54. The van der Waals surface area contributed by atoms with Crippen molar-refractivity contribution in [3.63, 3.8) is 0 Å². The molecule has 2 fully saturated rings. The fraction of sp³-hybridized carbons (Fsp3) is 0.407. The number of hydrogen-bond acceptors (Lipinski definition) is 4. The summed E-state index contributed by atoms with van der Waals surface area (Å²) in [5.41, 5.74) is 4.47. The summed E-state index contributed by atoms with van der Waals surface area (Å²) in [5.74, 6) is -0.135. The highest BCUT2D eigenvalue weighted by Gasteiger charge is 2.30. The summed E-state index contributed by atoms with van der Waals surface area (Å²) in [4.78, 5) is 48.8. The molecule has 35 heavy (non-hydrogen) atoms. The molecule has 0 bridgehead atoms. The van der Waals surface area contributed by atoms with Crippen molar-refractivity contribution in [1.29, 1.82) is 0 Å². The van der Waals surface area contributed by atoms with Gasteiger partial charge in [-0.05, 0) is 81.3 Å². The first-order valence-corrected chi connectivity index (χ1v) is 12.2. The highest BCUT2D eigenvalue weighted by molar-refractivity contribution is 5.98. The Labute approximate surface area is 205 Å². The van der Waals surface area contributed by atoms with Crippen molar-refractivity contribution in [2.75, 3.05) is 21.3 Å². The average molecular weight is 477 g/mol. The molecule has 4 N–H and O–H groups in total. The Morgan fingerprint density at radius 3 is 1.43 bits per heavy atom. The zero-order chi connectivity index (χ0) is 24.9. The normalized spacial score (nSPS) is 14.7. The molecule has 184 valence electrons. The molecule has 8 nitrogen and oxygen atoms in total. The third-order valence-corrected chi connectivity index (χ3v) is 6.26. The van der Waals surface area contributed by atoms with Gasteiger partial charge in [-0.2, -0.15) is 0 Å². The highest BCUT2D eigenvalue weighted by Crippen LogP contribution is 2.32. The maximum absolute atomic E-state index is 12.4. The molecular formula is C27H32N4O4. The Kier molecular flexibility index (Phi) is 7.48. The van der Waals surface area contributed by atoms with E-state index in [2.05, 4.69) is 21.3 Å². The van der Waals surface area contributed by atoms with Gasteiger partial charge in [0.15, 0.2) is 0 Å². The van der Waals surface area contributed by atoms with E-state index in [1.165, 1.54) is 0 Å². The van der Waals surface area contributed by atoms with Crippen LogP contribution >= 0.6 is 0 Å². The highest BCUT2D eigenvalue weighted by atomic mass is 16.2. The number of amides is 4. The standard InChI is InChI=1S/C27H32N4O4/c1-16-6-12-20(14-22(16)30-26(34)18-8-9-18)28-24(32)4-3-5-25(33)29-21-13-7-17(2)23(15-21)31-27(35)19-10-11-19/h6-7,12-15,18-19H,3-5,8-11H2,1-2H3,(H,28,32)(H,29,33)(H,30,34)(H,31,35). The summed E-state index contributed by atoms with van der Waals surface area (Å²) >= 11 is 0. The smallest absolute Gasteiger partial charge is 0.227 e. The molecular weight excluding hydrogens is 444 g/mol. The molecule has 0 spiro atoms. The van der Waals surface area contributed by atoms with Crippen molar-refractivity contribution in [2.45, 2.75) is 58.8 Å². The molecule has 0 saturated heterocycles. The fourth-order valence-corrected chi connectivity index (χ4v) is 3.69. The molecule has 2 aromatic carbocycles. The van der Waals surface area contributed by atoms with Crippen molar-refractivity contribution in [1.82, 2.24) is 0 Å². The summed E-state index contributed by atoms with van der Waals surface area (Å²) in [5, 5.41) is 11.5. The third kappa shape index (κ3) is 7.15. The van der Waals surface area contributed by atoms with E-state index in [0.29, 0.717) is 29.2 Å². The van der Waals surface area contributed by atoms with Gasteiger partial charge in [-0.1, -0.05) is 12.1 Å². The van der Waals surface area contributed by atoms with Crippen molar-refractivity contribution in [2.24, 2.45) is 11.8 Å². The van der Waals surface area contributed by atoms with Crippen molar-refractivity contribution >= 4 is 46.4 Å². The summed E-state index contributed by atoms with van der Waals surface area (Å²) in [7, 11) is 0. The lowest BCUT2D eigenvalue weighted by Crippen LogP contribution is -2.17. The molecule has 8 heteroatoms. The molecule has 4 rings (SSSR count). The first-order valence-electron chi connectivity index (χ1n) is 12.2. The number of nitrogens with one attached hydrogen (secondary N) is 4. The van der Waals surface area contributed by atoms with E-state index in [1.807, 2.05) is 26.0 Å². The van der Waals surface area contributed by atoms with Crippen LogP contribution in [0.4, 0.5) is 22.7 Å². The molecule has 4 amide bonds. The van der Waals surface area contributed by atoms with Crippen LogP contribution in [0.5, 0.6) is 0 Å². The average Bonchev–Trinajstić information content (AvgIpc) is 3.70. The van der Waals surface area contributed by atoms with Crippen LogP contribution in [0.1, 0.15) is 56.1 Å². The molecule has 0 aliphatic heterocycles. The first kappa shape index (κ1) is 24.4.